The molecule has 0 spiro atoms. The predicted octanol–water partition coefficient (Wildman–Crippen LogP) is 2.17. The van der Waals surface area contributed by atoms with Crippen molar-refractivity contribution in [3.8, 4) is 0 Å². The summed E-state index contributed by atoms with van der Waals surface area (Å²) in [6.45, 7) is 10.3. The highest BCUT2D eigenvalue weighted by Crippen LogP contribution is 2.01. The van der Waals surface area contributed by atoms with Crippen LogP contribution in [0.15, 0.2) is 0 Å². The fraction of sp³-hybridized carbons (Fsp3) is 1.00. The Morgan fingerprint density at radius 1 is 0.917 bits per heavy atom. The van der Waals surface area contributed by atoms with Crippen LogP contribution in [0.25, 0.3) is 0 Å². The number of nitrogens with zero attached hydrogens (tertiary/aromatic N) is 1. The zero-order chi connectivity index (χ0) is 9.45. The molecule has 0 saturated heterocycles. The highest BCUT2D eigenvalue weighted by molar-refractivity contribution is 4.36. The van der Waals surface area contributed by atoms with Gasteiger partial charge in [0.25, 0.3) is 0 Å². The molecule has 0 aliphatic heterocycles. The lowest BCUT2D eigenvalue weighted by Crippen LogP contribution is -2.56. The zero-order valence-electron chi connectivity index (χ0n) is 9.19. The summed E-state index contributed by atoms with van der Waals surface area (Å²) in [6.07, 6.45) is 3.74. The van der Waals surface area contributed by atoms with Crippen molar-refractivity contribution in [2.24, 2.45) is 0 Å². The topological polar surface area (TPSA) is 12.0 Å². The van der Waals surface area contributed by atoms with Crippen LogP contribution in [0.5, 0.6) is 0 Å². The van der Waals surface area contributed by atoms with Gasteiger partial charge >= 0.3 is 0 Å². The largest absolute Gasteiger partial charge is 0.248 e. The van der Waals surface area contributed by atoms with E-state index in [4.69, 9.17) is 0 Å². The second-order valence-corrected chi connectivity index (χ2v) is 3.75. The first-order valence-corrected chi connectivity index (χ1v) is 5.28. The molecule has 0 aromatic carbocycles. The quantitative estimate of drug-likeness (QED) is 0.459. The summed E-state index contributed by atoms with van der Waals surface area (Å²) in [5, 5.41) is 0. The van der Waals surface area contributed by atoms with Gasteiger partial charge in [0.2, 0.25) is 0 Å². The monoisotopic (exact) mass is 173 g/mol. The summed E-state index contributed by atoms with van der Waals surface area (Å²) in [7, 11) is 2.29. The molecule has 0 aliphatic rings. The molecule has 2 nitrogen and oxygen atoms in total. The van der Waals surface area contributed by atoms with Gasteiger partial charge in [-0.1, -0.05) is 20.8 Å². The number of hydrogen-bond donors (Lipinski definition) is 1. The van der Waals surface area contributed by atoms with Crippen LogP contribution >= 0.6 is 0 Å². The summed E-state index contributed by atoms with van der Waals surface area (Å²) in [6, 6.07) is 0. The molecule has 12 heavy (non-hydrogen) atoms. The molecule has 2 heteroatoms. The standard InChI is InChI=1S/C10H25N2/c1-5-8-11-12(4,9-6-2)10-7-3/h11H,5-10H2,1-4H3/q+1. The molecule has 0 unspecified atom stereocenters. The minimum Gasteiger partial charge on any atom is -0.248 e. The summed E-state index contributed by atoms with van der Waals surface area (Å²) < 4.78 is 1.04. The van der Waals surface area contributed by atoms with Crippen molar-refractivity contribution in [1.82, 2.24) is 5.43 Å². The molecule has 0 atom stereocenters. The Morgan fingerprint density at radius 3 is 1.75 bits per heavy atom. The number of hydrogen-bond acceptors (Lipinski definition) is 1. The van der Waals surface area contributed by atoms with Gasteiger partial charge in [-0.3, -0.25) is 0 Å². The van der Waals surface area contributed by atoms with Gasteiger partial charge in [-0.2, -0.15) is 5.43 Å². The summed E-state index contributed by atoms with van der Waals surface area (Å²) in [4.78, 5) is 0. The van der Waals surface area contributed by atoms with Gasteiger partial charge in [0.15, 0.2) is 0 Å². The lowest BCUT2D eigenvalue weighted by molar-refractivity contribution is -0.952. The molecule has 0 aliphatic carbocycles. The van der Waals surface area contributed by atoms with Crippen LogP contribution in [0, 0.1) is 0 Å². The molecule has 0 fully saturated rings. The minimum atomic E-state index is 1.04. The van der Waals surface area contributed by atoms with E-state index in [1.165, 1.54) is 32.4 Å². The summed E-state index contributed by atoms with van der Waals surface area (Å²) in [5.74, 6) is 0. The molecular weight excluding hydrogens is 148 g/mol. The van der Waals surface area contributed by atoms with Crippen molar-refractivity contribution in [3.63, 3.8) is 0 Å². The van der Waals surface area contributed by atoms with E-state index in [0.29, 0.717) is 0 Å². The maximum Gasteiger partial charge on any atom is 0.0957 e. The molecule has 0 amide bonds. The van der Waals surface area contributed by atoms with Crippen LogP contribution in [0.2, 0.25) is 0 Å². The number of nitrogens with one attached hydrogen (secondary N) is 1. The summed E-state index contributed by atoms with van der Waals surface area (Å²) in [5.41, 5.74) is 3.59. The average Bonchev–Trinajstić information content (AvgIpc) is 2.02. The third kappa shape index (κ3) is 4.73. The second-order valence-electron chi connectivity index (χ2n) is 3.75. The molecule has 74 valence electrons. The van der Waals surface area contributed by atoms with Crippen LogP contribution in [0.4, 0.5) is 0 Å². The van der Waals surface area contributed by atoms with E-state index in [9.17, 15) is 0 Å². The molecule has 0 aromatic rings. The predicted molar refractivity (Wildman–Crippen MR) is 54.8 cm³/mol. The minimum absolute atomic E-state index is 1.04. The first-order chi connectivity index (χ1) is 5.68. The van der Waals surface area contributed by atoms with Gasteiger partial charge in [0, 0.05) is 6.54 Å². The van der Waals surface area contributed by atoms with Crippen LogP contribution in [-0.4, -0.2) is 31.3 Å². The van der Waals surface area contributed by atoms with Gasteiger partial charge in [0.1, 0.15) is 0 Å². The van der Waals surface area contributed by atoms with Crippen molar-refractivity contribution < 1.29 is 4.59 Å². The normalized spacial score (nSPS) is 12.0. The Morgan fingerprint density at radius 2 is 1.42 bits per heavy atom. The van der Waals surface area contributed by atoms with Crippen LogP contribution in [0.3, 0.4) is 0 Å². The van der Waals surface area contributed by atoms with Gasteiger partial charge in [-0.25, -0.2) is 4.59 Å². The van der Waals surface area contributed by atoms with Crippen molar-refractivity contribution in [3.05, 3.63) is 0 Å². The highest BCUT2D eigenvalue weighted by Gasteiger charge is 2.17. The molecule has 0 rings (SSSR count). The first kappa shape index (κ1) is 11.9. The van der Waals surface area contributed by atoms with E-state index in [1.807, 2.05) is 0 Å². The molecule has 0 heterocycles. The first-order valence-electron chi connectivity index (χ1n) is 5.28. The Kier molecular flexibility index (Phi) is 6.39. The summed E-state index contributed by atoms with van der Waals surface area (Å²) >= 11 is 0. The SMILES string of the molecule is CCCN[N+](C)(CCC)CCC. The third-order valence-corrected chi connectivity index (χ3v) is 2.18. The fourth-order valence-corrected chi connectivity index (χ4v) is 1.64. The Hall–Kier alpha value is -0.0800. The zero-order valence-corrected chi connectivity index (χ0v) is 9.19. The van der Waals surface area contributed by atoms with Crippen molar-refractivity contribution in [2.45, 2.75) is 40.0 Å². The van der Waals surface area contributed by atoms with E-state index in [-0.39, 0.29) is 0 Å². The van der Waals surface area contributed by atoms with Crippen LogP contribution in [-0.2, 0) is 0 Å². The Labute approximate surface area is 77.5 Å². The van der Waals surface area contributed by atoms with Crippen molar-refractivity contribution in [2.75, 3.05) is 26.7 Å². The smallest absolute Gasteiger partial charge is 0.0957 e. The fourth-order valence-electron chi connectivity index (χ4n) is 1.64. The van der Waals surface area contributed by atoms with Gasteiger partial charge < -0.3 is 0 Å². The van der Waals surface area contributed by atoms with Gasteiger partial charge in [-0.05, 0) is 19.3 Å². The highest BCUT2D eigenvalue weighted by atomic mass is 15.6. The van der Waals surface area contributed by atoms with E-state index < -0.39 is 0 Å². The lowest BCUT2D eigenvalue weighted by atomic mass is 10.3. The molecule has 0 saturated carbocycles. The molecular formula is C10H25N2+. The second kappa shape index (κ2) is 6.44. The van der Waals surface area contributed by atoms with E-state index in [2.05, 4.69) is 33.2 Å². The van der Waals surface area contributed by atoms with Crippen molar-refractivity contribution >= 4 is 0 Å². The molecule has 1 N–H and O–H groups in total. The van der Waals surface area contributed by atoms with Gasteiger partial charge in [-0.15, -0.1) is 0 Å². The third-order valence-electron chi connectivity index (χ3n) is 2.18. The van der Waals surface area contributed by atoms with Crippen LogP contribution < -0.4 is 5.43 Å². The maximum atomic E-state index is 3.59. The van der Waals surface area contributed by atoms with E-state index in [0.717, 1.165) is 11.1 Å². The molecule has 0 bridgehead atoms. The van der Waals surface area contributed by atoms with E-state index >= 15 is 0 Å². The van der Waals surface area contributed by atoms with Crippen LogP contribution in [0.1, 0.15) is 40.0 Å². The maximum absolute atomic E-state index is 3.59. The Bertz CT molecular complexity index is 96.0. The number of quaternary nitrogens is 1. The van der Waals surface area contributed by atoms with Crippen molar-refractivity contribution in [1.29, 1.82) is 0 Å². The van der Waals surface area contributed by atoms with Gasteiger partial charge in [0.05, 0.1) is 20.1 Å². The lowest BCUT2D eigenvalue weighted by Gasteiger charge is -2.33. The Balaban J connectivity index is 3.80. The molecule has 0 aromatic heterocycles. The number of rotatable bonds is 7. The van der Waals surface area contributed by atoms with E-state index in [1.54, 1.807) is 0 Å². The average molecular weight is 173 g/mol. The molecule has 0 radical (unpaired) electrons.